The highest BCUT2D eigenvalue weighted by molar-refractivity contribution is 8.04. The maximum Gasteiger partial charge on any atom is 0.194 e. The zero-order valence-corrected chi connectivity index (χ0v) is 14.3. The SMILES string of the molecule is Clc1ccc(-c2nc3sccn3c2C=C2C=NCS2)c(Cl)c1. The molecule has 0 fully saturated rings. The minimum atomic E-state index is 0.602. The van der Waals surface area contributed by atoms with Crippen LogP contribution in [0.1, 0.15) is 5.69 Å². The molecule has 0 N–H and O–H groups in total. The van der Waals surface area contributed by atoms with Gasteiger partial charge in [0.05, 0.1) is 22.3 Å². The summed E-state index contributed by atoms with van der Waals surface area (Å²) in [4.78, 5) is 11.0. The molecule has 2 aromatic heterocycles. The number of nitrogens with zero attached hydrogens (tertiary/aromatic N) is 3. The molecule has 0 saturated carbocycles. The van der Waals surface area contributed by atoms with E-state index in [1.165, 1.54) is 0 Å². The van der Waals surface area contributed by atoms with E-state index in [0.29, 0.717) is 10.0 Å². The number of benzene rings is 1. The van der Waals surface area contributed by atoms with Crippen LogP contribution in [-0.2, 0) is 0 Å². The second-order valence-corrected chi connectivity index (χ2v) is 7.39. The lowest BCUT2D eigenvalue weighted by Crippen LogP contribution is -1.88. The highest BCUT2D eigenvalue weighted by Gasteiger charge is 2.17. The number of halogens is 2. The number of aromatic nitrogens is 2. The van der Waals surface area contributed by atoms with E-state index in [4.69, 9.17) is 28.2 Å². The third-order valence-electron chi connectivity index (χ3n) is 3.29. The van der Waals surface area contributed by atoms with Crippen molar-refractivity contribution in [3.8, 4) is 11.3 Å². The van der Waals surface area contributed by atoms with Crippen molar-refractivity contribution in [2.45, 2.75) is 0 Å². The summed E-state index contributed by atoms with van der Waals surface area (Å²) in [5, 5.41) is 3.24. The van der Waals surface area contributed by atoms with Crippen molar-refractivity contribution >= 4 is 63.6 Å². The summed E-state index contributed by atoms with van der Waals surface area (Å²) < 4.78 is 2.07. The first-order valence-electron chi connectivity index (χ1n) is 6.48. The molecule has 7 heteroatoms. The molecule has 0 amide bonds. The number of thiazole rings is 1. The molecule has 110 valence electrons. The van der Waals surface area contributed by atoms with Gasteiger partial charge in [0.1, 0.15) is 0 Å². The maximum absolute atomic E-state index is 6.36. The van der Waals surface area contributed by atoms with Gasteiger partial charge in [0.25, 0.3) is 0 Å². The molecule has 1 aliphatic heterocycles. The van der Waals surface area contributed by atoms with E-state index >= 15 is 0 Å². The van der Waals surface area contributed by atoms with Crippen LogP contribution in [0, 0.1) is 0 Å². The predicted octanol–water partition coefficient (Wildman–Crippen LogP) is 5.49. The van der Waals surface area contributed by atoms with Crippen LogP contribution in [0.2, 0.25) is 10.0 Å². The Balaban J connectivity index is 1.95. The standard InChI is InChI=1S/C15H9Cl2N3S2/c16-9-1-2-11(12(17)5-9)14-13(6-10-7-18-8-22-10)20-3-4-21-15(20)19-14/h1-7H,8H2. The molecule has 0 unspecified atom stereocenters. The molecular weight excluding hydrogens is 357 g/mol. The van der Waals surface area contributed by atoms with Gasteiger partial charge in [0, 0.05) is 33.3 Å². The highest BCUT2D eigenvalue weighted by Crippen LogP contribution is 2.35. The van der Waals surface area contributed by atoms with Crippen molar-refractivity contribution in [3.05, 3.63) is 50.4 Å². The number of allylic oxidation sites excluding steroid dienone is 1. The van der Waals surface area contributed by atoms with Gasteiger partial charge in [-0.15, -0.1) is 23.1 Å². The van der Waals surface area contributed by atoms with Gasteiger partial charge in [-0.25, -0.2) is 4.98 Å². The first-order chi connectivity index (χ1) is 10.7. The molecule has 22 heavy (non-hydrogen) atoms. The summed E-state index contributed by atoms with van der Waals surface area (Å²) in [6, 6.07) is 5.49. The van der Waals surface area contributed by atoms with E-state index < -0.39 is 0 Å². The number of hydrogen-bond donors (Lipinski definition) is 0. The molecule has 1 aliphatic rings. The number of fused-ring (bicyclic) bond motifs is 1. The Bertz CT molecular complexity index is 924. The number of aliphatic imine (C=N–C) groups is 1. The Morgan fingerprint density at radius 2 is 2.18 bits per heavy atom. The largest absolute Gasteiger partial charge is 0.290 e. The molecule has 3 heterocycles. The first-order valence-corrected chi connectivity index (χ1v) is 9.10. The summed E-state index contributed by atoms with van der Waals surface area (Å²) in [5.74, 6) is 0.772. The summed E-state index contributed by atoms with van der Waals surface area (Å²) in [7, 11) is 0. The van der Waals surface area contributed by atoms with E-state index in [-0.39, 0.29) is 0 Å². The average Bonchev–Trinajstić information content (AvgIpc) is 3.19. The Morgan fingerprint density at radius 1 is 1.27 bits per heavy atom. The minimum Gasteiger partial charge on any atom is -0.290 e. The van der Waals surface area contributed by atoms with Gasteiger partial charge in [-0.2, -0.15) is 0 Å². The van der Waals surface area contributed by atoms with Gasteiger partial charge in [-0.1, -0.05) is 23.2 Å². The van der Waals surface area contributed by atoms with Crippen LogP contribution < -0.4 is 0 Å². The Hall–Kier alpha value is -1.27. The third-order valence-corrected chi connectivity index (χ3v) is 5.43. The van der Waals surface area contributed by atoms with Gasteiger partial charge < -0.3 is 0 Å². The van der Waals surface area contributed by atoms with Crippen molar-refractivity contribution in [2.24, 2.45) is 4.99 Å². The molecular formula is C15H9Cl2N3S2. The maximum atomic E-state index is 6.36. The second-order valence-electron chi connectivity index (χ2n) is 4.66. The van der Waals surface area contributed by atoms with Gasteiger partial charge in [-0.05, 0) is 24.3 Å². The highest BCUT2D eigenvalue weighted by atomic mass is 35.5. The van der Waals surface area contributed by atoms with Crippen LogP contribution in [-0.4, -0.2) is 21.5 Å². The Labute approximate surface area is 145 Å². The van der Waals surface area contributed by atoms with E-state index in [1.54, 1.807) is 29.2 Å². The van der Waals surface area contributed by atoms with E-state index in [9.17, 15) is 0 Å². The molecule has 0 aliphatic carbocycles. The quantitative estimate of drug-likeness (QED) is 0.601. The van der Waals surface area contributed by atoms with Gasteiger partial charge >= 0.3 is 0 Å². The van der Waals surface area contributed by atoms with Gasteiger partial charge in [-0.3, -0.25) is 9.39 Å². The van der Waals surface area contributed by atoms with Gasteiger partial charge in [0.15, 0.2) is 4.96 Å². The van der Waals surface area contributed by atoms with Crippen molar-refractivity contribution in [2.75, 3.05) is 5.88 Å². The van der Waals surface area contributed by atoms with Crippen molar-refractivity contribution in [1.29, 1.82) is 0 Å². The molecule has 4 rings (SSSR count). The lowest BCUT2D eigenvalue weighted by atomic mass is 10.1. The normalized spacial score (nSPS) is 16.2. The van der Waals surface area contributed by atoms with E-state index in [2.05, 4.69) is 15.5 Å². The summed E-state index contributed by atoms with van der Waals surface area (Å²) in [6.45, 7) is 0. The van der Waals surface area contributed by atoms with Crippen LogP contribution in [0.25, 0.3) is 22.3 Å². The molecule has 0 bridgehead atoms. The zero-order chi connectivity index (χ0) is 15.1. The molecule has 0 atom stereocenters. The van der Waals surface area contributed by atoms with Crippen molar-refractivity contribution in [1.82, 2.24) is 9.38 Å². The zero-order valence-electron chi connectivity index (χ0n) is 11.2. The predicted molar refractivity (Wildman–Crippen MR) is 97.5 cm³/mol. The van der Waals surface area contributed by atoms with Crippen LogP contribution in [0.4, 0.5) is 0 Å². The summed E-state index contributed by atoms with van der Waals surface area (Å²) >= 11 is 15.7. The van der Waals surface area contributed by atoms with Crippen LogP contribution in [0.15, 0.2) is 39.7 Å². The molecule has 3 nitrogen and oxygen atoms in total. The summed E-state index contributed by atoms with van der Waals surface area (Å²) in [6.07, 6.45) is 6.02. The molecule has 3 aromatic rings. The molecule has 1 aromatic carbocycles. The number of imidazole rings is 1. The van der Waals surface area contributed by atoms with E-state index in [0.717, 1.165) is 32.7 Å². The summed E-state index contributed by atoms with van der Waals surface area (Å²) in [5.41, 5.74) is 2.76. The fraction of sp³-hybridized carbons (Fsp3) is 0.0667. The average molecular weight is 366 g/mol. The third kappa shape index (κ3) is 2.48. The van der Waals surface area contributed by atoms with E-state index in [1.807, 2.05) is 29.9 Å². The Kier molecular flexibility index (Phi) is 3.74. The van der Waals surface area contributed by atoms with Crippen molar-refractivity contribution < 1.29 is 0 Å². The fourth-order valence-electron chi connectivity index (χ4n) is 2.31. The fourth-order valence-corrected chi connectivity index (χ4v) is 4.17. The number of rotatable bonds is 2. The second kappa shape index (κ2) is 5.74. The van der Waals surface area contributed by atoms with Crippen LogP contribution >= 0.6 is 46.3 Å². The van der Waals surface area contributed by atoms with Gasteiger partial charge in [0.2, 0.25) is 0 Å². The lowest BCUT2D eigenvalue weighted by Gasteiger charge is -2.04. The minimum absolute atomic E-state index is 0.602. The first kappa shape index (κ1) is 14.3. The smallest absolute Gasteiger partial charge is 0.194 e. The molecule has 0 radical (unpaired) electrons. The van der Waals surface area contributed by atoms with Crippen molar-refractivity contribution in [3.63, 3.8) is 0 Å². The number of hydrogen-bond acceptors (Lipinski definition) is 4. The lowest BCUT2D eigenvalue weighted by molar-refractivity contribution is 1.21. The Morgan fingerprint density at radius 3 is 2.95 bits per heavy atom. The molecule has 0 spiro atoms. The topological polar surface area (TPSA) is 29.7 Å². The van der Waals surface area contributed by atoms with Crippen LogP contribution in [0.3, 0.4) is 0 Å². The number of thioether (sulfide) groups is 1. The monoisotopic (exact) mass is 365 g/mol. The van der Waals surface area contributed by atoms with Crippen LogP contribution in [0.5, 0.6) is 0 Å². The molecule has 0 saturated heterocycles.